The second-order valence-electron chi connectivity index (χ2n) is 3.63. The Hall–Kier alpha value is -2.20. The van der Waals surface area contributed by atoms with Gasteiger partial charge in [0.15, 0.2) is 0 Å². The first-order valence-corrected chi connectivity index (χ1v) is 5.64. The van der Waals surface area contributed by atoms with Crippen molar-refractivity contribution in [1.29, 1.82) is 0 Å². The number of para-hydroxylation sites is 3. The molecule has 4 nitrogen and oxygen atoms in total. The Morgan fingerprint density at radius 3 is 2.22 bits per heavy atom. The summed E-state index contributed by atoms with van der Waals surface area (Å²) in [6, 6.07) is 17.4. The van der Waals surface area contributed by atoms with Gasteiger partial charge in [-0.05, 0) is 24.3 Å². The summed E-state index contributed by atoms with van der Waals surface area (Å²) in [5.74, 6) is 0.739. The van der Waals surface area contributed by atoms with Gasteiger partial charge in [0.05, 0.1) is 19.9 Å². The SMILES string of the molecule is COc1ccccc1N(Nc1ccccc1)OC. The highest BCUT2D eigenvalue weighted by Crippen LogP contribution is 2.27. The van der Waals surface area contributed by atoms with Gasteiger partial charge < -0.3 is 4.74 Å². The molecule has 2 aromatic carbocycles. The number of nitrogens with one attached hydrogen (secondary N) is 1. The zero-order valence-electron chi connectivity index (χ0n) is 10.5. The van der Waals surface area contributed by atoms with Crippen LogP contribution >= 0.6 is 0 Å². The fourth-order valence-corrected chi connectivity index (χ4v) is 1.63. The number of hydrogen-bond acceptors (Lipinski definition) is 4. The molecule has 18 heavy (non-hydrogen) atoms. The lowest BCUT2D eigenvalue weighted by Gasteiger charge is -2.24. The largest absolute Gasteiger partial charge is 0.494 e. The quantitative estimate of drug-likeness (QED) is 0.819. The van der Waals surface area contributed by atoms with Crippen LogP contribution in [0.15, 0.2) is 54.6 Å². The molecule has 0 bridgehead atoms. The van der Waals surface area contributed by atoms with E-state index in [1.54, 1.807) is 19.4 Å². The maximum atomic E-state index is 5.33. The van der Waals surface area contributed by atoms with E-state index in [0.29, 0.717) is 0 Å². The topological polar surface area (TPSA) is 33.7 Å². The minimum atomic E-state index is 0.739. The van der Waals surface area contributed by atoms with Gasteiger partial charge in [0.25, 0.3) is 0 Å². The molecule has 0 unspecified atom stereocenters. The lowest BCUT2D eigenvalue weighted by Crippen LogP contribution is -2.28. The molecule has 0 aromatic heterocycles. The highest BCUT2D eigenvalue weighted by molar-refractivity contribution is 5.60. The van der Waals surface area contributed by atoms with Crippen LogP contribution in [0.3, 0.4) is 0 Å². The first kappa shape index (κ1) is 12.3. The van der Waals surface area contributed by atoms with E-state index in [1.165, 1.54) is 0 Å². The molecule has 0 radical (unpaired) electrons. The average Bonchev–Trinajstić information content (AvgIpc) is 2.46. The maximum Gasteiger partial charge on any atom is 0.146 e. The first-order valence-electron chi connectivity index (χ1n) is 5.64. The second kappa shape index (κ2) is 5.93. The van der Waals surface area contributed by atoms with Gasteiger partial charge in [-0.1, -0.05) is 30.3 Å². The number of hydrogen-bond donors (Lipinski definition) is 1. The molecule has 4 heteroatoms. The summed E-state index contributed by atoms with van der Waals surface area (Å²) >= 11 is 0. The molecule has 2 rings (SSSR count). The van der Waals surface area contributed by atoms with Gasteiger partial charge in [-0.15, -0.1) is 0 Å². The van der Waals surface area contributed by atoms with Gasteiger partial charge in [0, 0.05) is 0 Å². The molecule has 0 saturated carbocycles. The predicted molar refractivity (Wildman–Crippen MR) is 72.5 cm³/mol. The summed E-state index contributed by atoms with van der Waals surface area (Å²) in [5, 5.41) is 1.56. The van der Waals surface area contributed by atoms with E-state index in [1.807, 2.05) is 54.6 Å². The Kier molecular flexibility index (Phi) is 4.04. The summed E-state index contributed by atoms with van der Waals surface area (Å²) in [6.07, 6.45) is 0. The van der Waals surface area contributed by atoms with E-state index in [4.69, 9.17) is 9.57 Å². The van der Waals surface area contributed by atoms with Gasteiger partial charge >= 0.3 is 0 Å². The number of rotatable bonds is 5. The first-order chi connectivity index (χ1) is 8.85. The number of benzene rings is 2. The molecule has 0 aliphatic heterocycles. The monoisotopic (exact) mass is 244 g/mol. The Morgan fingerprint density at radius 1 is 0.889 bits per heavy atom. The highest BCUT2D eigenvalue weighted by atomic mass is 16.7. The molecule has 2 aromatic rings. The molecule has 0 saturated heterocycles. The summed E-state index contributed by atoms with van der Waals surface area (Å²) in [7, 11) is 3.23. The summed E-state index contributed by atoms with van der Waals surface area (Å²) in [5.41, 5.74) is 4.90. The van der Waals surface area contributed by atoms with E-state index >= 15 is 0 Å². The van der Waals surface area contributed by atoms with E-state index in [2.05, 4.69) is 5.43 Å². The number of hydrazine groups is 1. The van der Waals surface area contributed by atoms with Gasteiger partial charge in [-0.3, -0.25) is 10.3 Å². The number of nitrogens with zero attached hydrogens (tertiary/aromatic N) is 1. The lowest BCUT2D eigenvalue weighted by molar-refractivity contribution is 0.181. The maximum absolute atomic E-state index is 5.33. The molecule has 94 valence electrons. The van der Waals surface area contributed by atoms with Crippen molar-refractivity contribution in [2.24, 2.45) is 0 Å². The van der Waals surface area contributed by atoms with Crippen molar-refractivity contribution >= 4 is 11.4 Å². The molecule has 0 spiro atoms. The zero-order valence-corrected chi connectivity index (χ0v) is 10.5. The molecule has 0 aliphatic rings. The standard InChI is InChI=1S/C14H16N2O2/c1-17-14-11-7-6-10-13(14)16(18-2)15-12-8-4-3-5-9-12/h3-11,15H,1-2H3. The molecule has 0 aliphatic carbocycles. The van der Waals surface area contributed by atoms with Gasteiger partial charge in [0.1, 0.15) is 11.4 Å². The van der Waals surface area contributed by atoms with Crippen LogP contribution in [0.25, 0.3) is 0 Å². The summed E-state index contributed by atoms with van der Waals surface area (Å²) in [4.78, 5) is 5.33. The average molecular weight is 244 g/mol. The normalized spacial score (nSPS) is 9.89. The van der Waals surface area contributed by atoms with Crippen LogP contribution in [-0.2, 0) is 4.84 Å². The highest BCUT2D eigenvalue weighted by Gasteiger charge is 2.10. The molecule has 0 atom stereocenters. The number of anilines is 2. The predicted octanol–water partition coefficient (Wildman–Crippen LogP) is 3.09. The third-order valence-electron chi connectivity index (χ3n) is 2.49. The minimum absolute atomic E-state index is 0.739. The Balaban J connectivity index is 2.23. The fourth-order valence-electron chi connectivity index (χ4n) is 1.63. The number of ether oxygens (including phenoxy) is 1. The number of methoxy groups -OCH3 is 1. The molecular formula is C14H16N2O2. The van der Waals surface area contributed by atoms with Crippen LogP contribution in [0.1, 0.15) is 0 Å². The van der Waals surface area contributed by atoms with Gasteiger partial charge in [0.2, 0.25) is 0 Å². The molecular weight excluding hydrogens is 228 g/mol. The van der Waals surface area contributed by atoms with Crippen LogP contribution in [0, 0.1) is 0 Å². The summed E-state index contributed by atoms with van der Waals surface area (Å²) in [6.45, 7) is 0. The smallest absolute Gasteiger partial charge is 0.146 e. The minimum Gasteiger partial charge on any atom is -0.494 e. The van der Waals surface area contributed by atoms with Crippen LogP contribution in [0.4, 0.5) is 11.4 Å². The van der Waals surface area contributed by atoms with E-state index in [9.17, 15) is 0 Å². The van der Waals surface area contributed by atoms with Gasteiger partial charge in [-0.2, -0.15) is 5.17 Å². The van der Waals surface area contributed by atoms with Crippen molar-refractivity contribution in [3.8, 4) is 5.75 Å². The molecule has 0 amide bonds. The van der Waals surface area contributed by atoms with Crippen LogP contribution in [-0.4, -0.2) is 14.2 Å². The van der Waals surface area contributed by atoms with Crippen molar-refractivity contribution < 1.29 is 9.57 Å². The Bertz CT molecular complexity index is 488. The van der Waals surface area contributed by atoms with Crippen LogP contribution in [0.2, 0.25) is 0 Å². The Labute approximate surface area is 107 Å². The van der Waals surface area contributed by atoms with Crippen LogP contribution < -0.4 is 15.3 Å². The Morgan fingerprint density at radius 2 is 1.56 bits per heavy atom. The van der Waals surface area contributed by atoms with E-state index in [-0.39, 0.29) is 0 Å². The van der Waals surface area contributed by atoms with Gasteiger partial charge in [-0.25, -0.2) is 0 Å². The third kappa shape index (κ3) is 2.73. The van der Waals surface area contributed by atoms with Crippen LogP contribution in [0.5, 0.6) is 5.75 Å². The van der Waals surface area contributed by atoms with Crippen molar-refractivity contribution in [2.45, 2.75) is 0 Å². The lowest BCUT2D eigenvalue weighted by atomic mass is 10.3. The fraction of sp³-hybridized carbons (Fsp3) is 0.143. The van der Waals surface area contributed by atoms with Crippen molar-refractivity contribution in [1.82, 2.24) is 0 Å². The molecule has 1 N–H and O–H groups in total. The third-order valence-corrected chi connectivity index (χ3v) is 2.49. The van der Waals surface area contributed by atoms with Crippen molar-refractivity contribution in [3.63, 3.8) is 0 Å². The van der Waals surface area contributed by atoms with Crippen molar-refractivity contribution in [2.75, 3.05) is 24.8 Å². The van der Waals surface area contributed by atoms with E-state index in [0.717, 1.165) is 17.1 Å². The zero-order chi connectivity index (χ0) is 12.8. The van der Waals surface area contributed by atoms with Crippen molar-refractivity contribution in [3.05, 3.63) is 54.6 Å². The molecule has 0 fully saturated rings. The second-order valence-corrected chi connectivity index (χ2v) is 3.63. The van der Waals surface area contributed by atoms with E-state index < -0.39 is 0 Å². The summed E-state index contributed by atoms with van der Waals surface area (Å²) < 4.78 is 5.30. The molecule has 0 heterocycles.